The lowest BCUT2D eigenvalue weighted by atomic mass is 10.1. The van der Waals surface area contributed by atoms with Gasteiger partial charge in [-0.25, -0.2) is 0 Å². The van der Waals surface area contributed by atoms with Crippen LogP contribution in [-0.2, 0) is 0 Å². The van der Waals surface area contributed by atoms with Crippen LogP contribution in [0.3, 0.4) is 0 Å². The van der Waals surface area contributed by atoms with Gasteiger partial charge in [0.15, 0.2) is 0 Å². The van der Waals surface area contributed by atoms with Gasteiger partial charge in [-0.1, -0.05) is 12.1 Å². The highest BCUT2D eigenvalue weighted by molar-refractivity contribution is 14.1. The highest BCUT2D eigenvalue weighted by Gasteiger charge is 2.23. The van der Waals surface area contributed by atoms with E-state index >= 15 is 0 Å². The number of benzene rings is 1. The second-order valence-corrected chi connectivity index (χ2v) is 5.62. The Balaban J connectivity index is 0.00000162. The number of rotatable bonds is 1. The Bertz CT molecular complexity index is 439. The Kier molecular flexibility index (Phi) is 5.88. The fraction of sp³-hybridized carbons (Fsp3) is 0.462. The van der Waals surface area contributed by atoms with Crippen molar-refractivity contribution in [3.63, 3.8) is 0 Å². The number of carbonyl (C=O) groups is 1. The number of hydrogen-bond acceptors (Lipinski definition) is 2. The van der Waals surface area contributed by atoms with Gasteiger partial charge in [0.05, 0.1) is 5.56 Å². The predicted molar refractivity (Wildman–Crippen MR) is 84.5 cm³/mol. The molecule has 1 amide bonds. The largest absolute Gasteiger partial charge is 0.336 e. The molecule has 1 aromatic rings. The molecule has 0 spiro atoms. The summed E-state index contributed by atoms with van der Waals surface area (Å²) >= 11 is 2.26. The third-order valence-electron chi connectivity index (χ3n) is 3.08. The standard InChI is InChI=1S/C13H17IN2O.ClH/c1-9-4-3-5-11(12(9)14)13(17)16-7-6-15-10(2)8-16;/h3-5,10,15H,6-8H2,1-2H3;1H. The topological polar surface area (TPSA) is 32.3 Å². The number of nitrogens with zero attached hydrogens (tertiary/aromatic N) is 1. The van der Waals surface area contributed by atoms with E-state index in [-0.39, 0.29) is 18.3 Å². The number of amides is 1. The second-order valence-electron chi connectivity index (χ2n) is 4.54. The SMILES string of the molecule is Cc1cccc(C(=O)N2CCNC(C)C2)c1I.Cl. The van der Waals surface area contributed by atoms with Crippen molar-refractivity contribution in [3.8, 4) is 0 Å². The molecule has 0 aliphatic carbocycles. The van der Waals surface area contributed by atoms with E-state index < -0.39 is 0 Å². The van der Waals surface area contributed by atoms with Crippen molar-refractivity contribution in [2.45, 2.75) is 19.9 Å². The highest BCUT2D eigenvalue weighted by atomic mass is 127. The average Bonchev–Trinajstić information content (AvgIpc) is 2.32. The molecule has 0 radical (unpaired) electrons. The molecule has 0 bridgehead atoms. The lowest BCUT2D eigenvalue weighted by Crippen LogP contribution is -2.51. The van der Waals surface area contributed by atoms with Crippen LogP contribution in [0.15, 0.2) is 18.2 Å². The first-order chi connectivity index (χ1) is 8.09. The van der Waals surface area contributed by atoms with Crippen LogP contribution in [0.1, 0.15) is 22.8 Å². The minimum atomic E-state index is 0. The molecule has 18 heavy (non-hydrogen) atoms. The lowest BCUT2D eigenvalue weighted by molar-refractivity contribution is 0.0708. The Labute approximate surface area is 128 Å². The number of nitrogens with one attached hydrogen (secondary N) is 1. The Hall–Kier alpha value is -0.330. The molecule has 1 atom stereocenters. The van der Waals surface area contributed by atoms with Crippen molar-refractivity contribution in [1.29, 1.82) is 0 Å². The predicted octanol–water partition coefficient (Wildman–Crippen LogP) is 2.46. The van der Waals surface area contributed by atoms with Crippen molar-refractivity contribution < 1.29 is 4.79 Å². The number of halogens is 2. The smallest absolute Gasteiger partial charge is 0.255 e. The van der Waals surface area contributed by atoms with E-state index in [4.69, 9.17) is 0 Å². The molecule has 3 nitrogen and oxygen atoms in total. The molecule has 1 N–H and O–H groups in total. The molecule has 1 unspecified atom stereocenters. The molecule has 1 aliphatic heterocycles. The molecule has 5 heteroatoms. The number of hydrogen-bond donors (Lipinski definition) is 1. The van der Waals surface area contributed by atoms with E-state index in [0.29, 0.717) is 6.04 Å². The second kappa shape index (κ2) is 6.73. The zero-order valence-electron chi connectivity index (χ0n) is 10.6. The zero-order valence-corrected chi connectivity index (χ0v) is 13.5. The monoisotopic (exact) mass is 380 g/mol. The summed E-state index contributed by atoms with van der Waals surface area (Å²) in [5.74, 6) is 0.159. The van der Waals surface area contributed by atoms with Gasteiger partial charge in [-0.3, -0.25) is 4.79 Å². The van der Waals surface area contributed by atoms with Gasteiger partial charge >= 0.3 is 0 Å². The van der Waals surface area contributed by atoms with Crippen LogP contribution in [0.5, 0.6) is 0 Å². The van der Waals surface area contributed by atoms with Gasteiger partial charge in [-0.2, -0.15) is 0 Å². The molecule has 1 aromatic carbocycles. The summed E-state index contributed by atoms with van der Waals surface area (Å²) in [6.07, 6.45) is 0. The summed E-state index contributed by atoms with van der Waals surface area (Å²) in [6, 6.07) is 6.30. The average molecular weight is 381 g/mol. The number of aryl methyl sites for hydroxylation is 1. The summed E-state index contributed by atoms with van der Waals surface area (Å²) in [5.41, 5.74) is 2.00. The van der Waals surface area contributed by atoms with Crippen LogP contribution in [-0.4, -0.2) is 36.5 Å². The van der Waals surface area contributed by atoms with Crippen LogP contribution in [0, 0.1) is 10.5 Å². The van der Waals surface area contributed by atoms with Crippen LogP contribution in [0.2, 0.25) is 0 Å². The van der Waals surface area contributed by atoms with E-state index in [1.807, 2.05) is 30.0 Å². The zero-order chi connectivity index (χ0) is 12.4. The summed E-state index contributed by atoms with van der Waals surface area (Å²) in [6.45, 7) is 6.63. The van der Waals surface area contributed by atoms with Gasteiger partial charge in [0.2, 0.25) is 0 Å². The molecule has 2 rings (SSSR count). The minimum absolute atomic E-state index is 0. The van der Waals surface area contributed by atoms with E-state index in [9.17, 15) is 4.79 Å². The van der Waals surface area contributed by atoms with E-state index in [1.54, 1.807) is 0 Å². The van der Waals surface area contributed by atoms with Crippen molar-refractivity contribution in [1.82, 2.24) is 10.2 Å². The van der Waals surface area contributed by atoms with E-state index in [1.165, 1.54) is 5.56 Å². The van der Waals surface area contributed by atoms with Crippen molar-refractivity contribution in [2.24, 2.45) is 0 Å². The molecule has 1 heterocycles. The molecule has 1 fully saturated rings. The Morgan fingerprint density at radius 3 is 2.89 bits per heavy atom. The Morgan fingerprint density at radius 2 is 2.22 bits per heavy atom. The molecular weight excluding hydrogens is 363 g/mol. The number of carbonyl (C=O) groups excluding carboxylic acids is 1. The van der Waals surface area contributed by atoms with Gasteiger partial charge in [0, 0.05) is 29.2 Å². The first-order valence-electron chi connectivity index (χ1n) is 5.87. The molecule has 0 aromatic heterocycles. The maximum Gasteiger partial charge on any atom is 0.255 e. The van der Waals surface area contributed by atoms with Gasteiger partial charge in [0.25, 0.3) is 5.91 Å². The van der Waals surface area contributed by atoms with Crippen LogP contribution in [0.4, 0.5) is 0 Å². The molecule has 1 aliphatic rings. The molecular formula is C13H18ClIN2O. The summed E-state index contributed by atoms with van der Waals surface area (Å²) < 4.78 is 1.07. The summed E-state index contributed by atoms with van der Waals surface area (Å²) in [7, 11) is 0. The maximum absolute atomic E-state index is 12.4. The van der Waals surface area contributed by atoms with Crippen LogP contribution >= 0.6 is 35.0 Å². The summed E-state index contributed by atoms with van der Waals surface area (Å²) in [5, 5.41) is 3.35. The first kappa shape index (κ1) is 15.7. The van der Waals surface area contributed by atoms with Crippen LogP contribution in [0.25, 0.3) is 0 Å². The normalized spacial score (nSPS) is 19.3. The van der Waals surface area contributed by atoms with Crippen LogP contribution < -0.4 is 5.32 Å². The summed E-state index contributed by atoms with van der Waals surface area (Å²) in [4.78, 5) is 14.4. The lowest BCUT2D eigenvalue weighted by Gasteiger charge is -2.32. The van der Waals surface area contributed by atoms with Gasteiger partial charge in [-0.15, -0.1) is 12.4 Å². The maximum atomic E-state index is 12.4. The molecule has 0 saturated carbocycles. The van der Waals surface area contributed by atoms with Crippen molar-refractivity contribution in [3.05, 3.63) is 32.9 Å². The van der Waals surface area contributed by atoms with Gasteiger partial charge in [-0.05, 0) is 48.1 Å². The Morgan fingerprint density at radius 1 is 1.50 bits per heavy atom. The third-order valence-corrected chi connectivity index (χ3v) is 4.51. The minimum Gasteiger partial charge on any atom is -0.336 e. The first-order valence-corrected chi connectivity index (χ1v) is 6.95. The number of piperazine rings is 1. The van der Waals surface area contributed by atoms with Crippen molar-refractivity contribution >= 4 is 40.9 Å². The quantitative estimate of drug-likeness (QED) is 0.759. The van der Waals surface area contributed by atoms with E-state index in [2.05, 4.69) is 34.8 Å². The third kappa shape index (κ3) is 3.36. The fourth-order valence-corrected chi connectivity index (χ4v) is 2.69. The fourth-order valence-electron chi connectivity index (χ4n) is 2.10. The molecule has 100 valence electrons. The molecule has 1 saturated heterocycles. The highest BCUT2D eigenvalue weighted by Crippen LogP contribution is 2.19. The van der Waals surface area contributed by atoms with E-state index in [0.717, 1.165) is 28.8 Å². The van der Waals surface area contributed by atoms with Gasteiger partial charge < -0.3 is 10.2 Å². The van der Waals surface area contributed by atoms with Crippen molar-refractivity contribution in [2.75, 3.05) is 19.6 Å². The van der Waals surface area contributed by atoms with Gasteiger partial charge in [0.1, 0.15) is 0 Å².